The first-order valence-electron chi connectivity index (χ1n) is 10.9. The van der Waals surface area contributed by atoms with Crippen LogP contribution in [0.5, 0.6) is 0 Å². The van der Waals surface area contributed by atoms with Crippen LogP contribution in [0.1, 0.15) is 17.2 Å². The van der Waals surface area contributed by atoms with Crippen molar-refractivity contribution in [3.63, 3.8) is 0 Å². The maximum Gasteiger partial charge on any atom is 0.248 e. The largest absolute Gasteiger partial charge is 0.397 e. The van der Waals surface area contributed by atoms with Gasteiger partial charge in [-0.05, 0) is 61.2 Å². The second-order valence-electron chi connectivity index (χ2n) is 8.36. The van der Waals surface area contributed by atoms with E-state index in [1.165, 1.54) is 6.08 Å². The first-order chi connectivity index (χ1) is 16.4. The average molecular weight is 476 g/mol. The minimum absolute atomic E-state index is 0.0205. The number of carbonyl (C=O) groups is 2. The quantitative estimate of drug-likeness (QED) is 0.365. The molecule has 4 N–H and O–H groups in total. The predicted molar refractivity (Wildman–Crippen MR) is 137 cm³/mol. The molecule has 3 aromatic rings. The second kappa shape index (κ2) is 10.5. The van der Waals surface area contributed by atoms with Crippen LogP contribution in [0.15, 0.2) is 72.9 Å². The van der Waals surface area contributed by atoms with Crippen molar-refractivity contribution in [3.8, 4) is 0 Å². The number of anilines is 3. The number of carbonyl (C=O) groups excluding carboxylic acids is 2. The summed E-state index contributed by atoms with van der Waals surface area (Å²) in [5, 5.41) is 6.36. The minimum Gasteiger partial charge on any atom is -0.397 e. The van der Waals surface area contributed by atoms with Crippen molar-refractivity contribution in [1.82, 2.24) is 9.88 Å². The molecule has 0 radical (unpaired) electrons. The number of halogens is 1. The Kier molecular flexibility index (Phi) is 7.25. The number of nitrogens with one attached hydrogen (secondary N) is 2. The number of likely N-dealkylation sites (tertiary alicyclic amines) is 1. The number of amides is 2. The molecule has 1 aliphatic heterocycles. The number of pyridine rings is 1. The monoisotopic (exact) mass is 475 g/mol. The van der Waals surface area contributed by atoms with Gasteiger partial charge in [0.15, 0.2) is 0 Å². The minimum atomic E-state index is -0.292. The van der Waals surface area contributed by atoms with Gasteiger partial charge in [0.25, 0.3) is 0 Å². The van der Waals surface area contributed by atoms with Gasteiger partial charge in [-0.3, -0.25) is 14.6 Å². The molecule has 8 heteroatoms. The Morgan fingerprint density at radius 1 is 1.06 bits per heavy atom. The molecule has 1 saturated heterocycles. The van der Waals surface area contributed by atoms with E-state index >= 15 is 0 Å². The van der Waals surface area contributed by atoms with Crippen molar-refractivity contribution >= 4 is 46.6 Å². The highest BCUT2D eigenvalue weighted by molar-refractivity contribution is 6.30. The van der Waals surface area contributed by atoms with E-state index in [1.807, 2.05) is 19.2 Å². The number of likely N-dealkylation sites (N-methyl/N-ethyl adjacent to an activating group) is 1. The summed E-state index contributed by atoms with van der Waals surface area (Å²) in [5.41, 5.74) is 9.27. The van der Waals surface area contributed by atoms with Crippen molar-refractivity contribution < 1.29 is 9.59 Å². The van der Waals surface area contributed by atoms with Crippen molar-refractivity contribution in [1.29, 1.82) is 0 Å². The summed E-state index contributed by atoms with van der Waals surface area (Å²) in [7, 11) is 2.01. The molecule has 174 valence electrons. The summed E-state index contributed by atoms with van der Waals surface area (Å²) in [6, 6.07) is 18.0. The van der Waals surface area contributed by atoms with Gasteiger partial charge in [0.05, 0.1) is 23.0 Å². The van der Waals surface area contributed by atoms with Crippen LogP contribution in [0.3, 0.4) is 0 Å². The number of nitrogen functional groups attached to an aromatic ring is 1. The normalized spacial score (nSPS) is 18.2. The van der Waals surface area contributed by atoms with Gasteiger partial charge in [-0.25, -0.2) is 0 Å². The molecule has 2 amide bonds. The zero-order valence-electron chi connectivity index (χ0n) is 18.7. The number of rotatable bonds is 6. The summed E-state index contributed by atoms with van der Waals surface area (Å²) in [4.78, 5) is 31.8. The standard InChI is InChI=1S/C26H26ClN5O2/c1-32-15-21(22(16-32)26(34)30-20-10-7-18(27)8-11-20)17-6-9-19(29-14-17)12-13-25(33)31-24-5-3-2-4-23(24)28/h2-14,21-22H,15-16,28H2,1H3,(H,30,34)(H,31,33). The van der Waals surface area contributed by atoms with Gasteiger partial charge in [-0.2, -0.15) is 0 Å². The summed E-state index contributed by atoms with van der Waals surface area (Å²) >= 11 is 5.93. The fourth-order valence-electron chi connectivity index (χ4n) is 4.05. The molecule has 0 spiro atoms. The van der Waals surface area contributed by atoms with Gasteiger partial charge in [0.1, 0.15) is 0 Å². The molecule has 0 saturated carbocycles. The van der Waals surface area contributed by atoms with Crippen LogP contribution in [0.2, 0.25) is 5.02 Å². The van der Waals surface area contributed by atoms with Gasteiger partial charge in [0, 0.05) is 42.0 Å². The number of nitrogens with zero attached hydrogens (tertiary/aromatic N) is 2. The molecule has 2 aromatic carbocycles. The Bertz CT molecular complexity index is 1190. The number of aromatic nitrogens is 1. The summed E-state index contributed by atoms with van der Waals surface area (Å²) in [6.45, 7) is 1.42. The molecule has 0 aliphatic carbocycles. The van der Waals surface area contributed by atoms with Gasteiger partial charge in [-0.15, -0.1) is 0 Å². The van der Waals surface area contributed by atoms with E-state index in [4.69, 9.17) is 17.3 Å². The van der Waals surface area contributed by atoms with Gasteiger partial charge in [0.2, 0.25) is 11.8 Å². The molecule has 2 heterocycles. The molecule has 1 aliphatic rings. The van der Waals surface area contributed by atoms with Gasteiger partial charge < -0.3 is 21.3 Å². The number of nitrogens with two attached hydrogens (primary N) is 1. The van der Waals surface area contributed by atoms with Crippen LogP contribution in [0.25, 0.3) is 6.08 Å². The smallest absolute Gasteiger partial charge is 0.248 e. The van der Waals surface area contributed by atoms with Crippen LogP contribution in [0.4, 0.5) is 17.1 Å². The second-order valence-corrected chi connectivity index (χ2v) is 8.79. The molecule has 2 atom stereocenters. The van der Waals surface area contributed by atoms with Gasteiger partial charge in [-0.1, -0.05) is 29.8 Å². The number of hydrogen-bond acceptors (Lipinski definition) is 5. The van der Waals surface area contributed by atoms with Crippen molar-refractivity contribution in [2.24, 2.45) is 5.92 Å². The molecule has 1 aromatic heterocycles. The lowest BCUT2D eigenvalue weighted by Gasteiger charge is -2.18. The fourth-order valence-corrected chi connectivity index (χ4v) is 4.18. The van der Waals surface area contributed by atoms with Crippen molar-refractivity contribution in [2.75, 3.05) is 36.5 Å². The van der Waals surface area contributed by atoms with E-state index in [0.717, 1.165) is 17.8 Å². The molecule has 0 bridgehead atoms. The van der Waals surface area contributed by atoms with Crippen LogP contribution < -0.4 is 16.4 Å². The predicted octanol–water partition coefficient (Wildman–Crippen LogP) is 4.25. The molecular formula is C26H26ClN5O2. The molecule has 4 rings (SSSR count). The topological polar surface area (TPSA) is 100 Å². The maximum atomic E-state index is 13.0. The fraction of sp³-hybridized carbons (Fsp3) is 0.192. The highest BCUT2D eigenvalue weighted by Crippen LogP contribution is 2.33. The number of para-hydroxylation sites is 2. The van der Waals surface area contributed by atoms with E-state index < -0.39 is 0 Å². The van der Waals surface area contributed by atoms with E-state index in [2.05, 4.69) is 20.5 Å². The summed E-state index contributed by atoms with van der Waals surface area (Å²) in [5.74, 6) is -0.504. The Labute approximate surface area is 203 Å². The highest BCUT2D eigenvalue weighted by atomic mass is 35.5. The number of benzene rings is 2. The molecule has 7 nitrogen and oxygen atoms in total. The van der Waals surface area contributed by atoms with E-state index in [1.54, 1.807) is 60.8 Å². The summed E-state index contributed by atoms with van der Waals surface area (Å²) in [6.07, 6.45) is 4.84. The lowest BCUT2D eigenvalue weighted by Crippen LogP contribution is -2.28. The van der Waals surface area contributed by atoms with Crippen molar-refractivity contribution in [2.45, 2.75) is 5.92 Å². The maximum absolute atomic E-state index is 13.0. The molecular weight excluding hydrogens is 450 g/mol. The third kappa shape index (κ3) is 5.81. The van der Waals surface area contributed by atoms with E-state index in [9.17, 15) is 9.59 Å². The molecule has 2 unspecified atom stereocenters. The van der Waals surface area contributed by atoms with Crippen molar-refractivity contribution in [3.05, 3.63) is 89.2 Å². The van der Waals surface area contributed by atoms with Crippen LogP contribution in [-0.2, 0) is 9.59 Å². The Morgan fingerprint density at radius 3 is 2.53 bits per heavy atom. The lowest BCUT2D eigenvalue weighted by molar-refractivity contribution is -0.119. The van der Waals surface area contributed by atoms with E-state index in [0.29, 0.717) is 28.6 Å². The summed E-state index contributed by atoms with van der Waals surface area (Å²) < 4.78 is 0. The Hall–Kier alpha value is -3.68. The third-order valence-corrected chi connectivity index (χ3v) is 6.06. The first-order valence-corrected chi connectivity index (χ1v) is 11.3. The SMILES string of the molecule is CN1CC(C(=O)Nc2ccc(Cl)cc2)C(c2ccc(C=CC(=O)Nc3ccccc3N)nc2)C1. The lowest BCUT2D eigenvalue weighted by atomic mass is 9.89. The average Bonchev–Trinajstić information content (AvgIpc) is 3.23. The Balaban J connectivity index is 1.40. The van der Waals surface area contributed by atoms with Crippen LogP contribution in [-0.4, -0.2) is 41.8 Å². The number of hydrogen-bond donors (Lipinski definition) is 3. The van der Waals surface area contributed by atoms with Crippen LogP contribution in [0, 0.1) is 5.92 Å². The molecule has 1 fully saturated rings. The van der Waals surface area contributed by atoms with Gasteiger partial charge >= 0.3 is 0 Å². The Morgan fingerprint density at radius 2 is 1.82 bits per heavy atom. The van der Waals surface area contributed by atoms with Crippen LogP contribution >= 0.6 is 11.6 Å². The highest BCUT2D eigenvalue weighted by Gasteiger charge is 2.37. The zero-order chi connectivity index (χ0) is 24.1. The van der Waals surface area contributed by atoms with E-state index in [-0.39, 0.29) is 23.7 Å². The zero-order valence-corrected chi connectivity index (χ0v) is 19.5. The molecule has 34 heavy (non-hydrogen) atoms. The first kappa shape index (κ1) is 23.5. The third-order valence-electron chi connectivity index (χ3n) is 5.81.